The molecule has 140 valence electrons. The van der Waals surface area contributed by atoms with Crippen LogP contribution >= 0.6 is 11.8 Å². The van der Waals surface area contributed by atoms with Crippen LogP contribution in [0.2, 0.25) is 0 Å². The molecule has 5 nitrogen and oxygen atoms in total. The molecule has 1 aromatic carbocycles. The lowest BCUT2D eigenvalue weighted by Gasteiger charge is -2.18. The van der Waals surface area contributed by atoms with Gasteiger partial charge in [-0.1, -0.05) is 17.8 Å². The lowest BCUT2D eigenvalue weighted by molar-refractivity contribution is -0.119. The lowest BCUT2D eigenvalue weighted by atomic mass is 9.89. The van der Waals surface area contributed by atoms with Crippen molar-refractivity contribution in [1.29, 1.82) is 0 Å². The first-order chi connectivity index (χ1) is 13.0. The van der Waals surface area contributed by atoms with E-state index in [0.29, 0.717) is 12.3 Å². The van der Waals surface area contributed by atoms with Crippen molar-refractivity contribution in [3.05, 3.63) is 39.8 Å². The molecule has 1 N–H and O–H groups in total. The third-order valence-corrected chi connectivity index (χ3v) is 6.34. The molecule has 0 spiro atoms. The smallest absolute Gasteiger partial charge is 0.261 e. The second kappa shape index (κ2) is 7.43. The zero-order chi connectivity index (χ0) is 19.0. The average Bonchev–Trinajstić information content (AvgIpc) is 2.98. The molecule has 0 saturated heterocycles. The predicted octanol–water partition coefficient (Wildman–Crippen LogP) is 4.55. The van der Waals surface area contributed by atoms with Crippen LogP contribution in [0.1, 0.15) is 49.7 Å². The second-order valence-corrected chi connectivity index (χ2v) is 8.55. The monoisotopic (exact) mass is 381 g/mol. The number of carbonyl (C=O) groups is 2. The van der Waals surface area contributed by atoms with Crippen LogP contribution in [0.5, 0.6) is 0 Å². The number of allylic oxidation sites excluding steroid dienone is 1. The van der Waals surface area contributed by atoms with Gasteiger partial charge in [-0.3, -0.25) is 9.59 Å². The van der Waals surface area contributed by atoms with Crippen LogP contribution in [-0.2, 0) is 9.59 Å². The molecule has 1 unspecified atom stereocenters. The molecule has 3 aliphatic rings. The lowest BCUT2D eigenvalue weighted by Crippen LogP contribution is -2.26. The fourth-order valence-electron chi connectivity index (χ4n) is 3.95. The number of anilines is 1. The molecule has 0 bridgehead atoms. The Morgan fingerprint density at radius 3 is 2.67 bits per heavy atom. The number of nitrogens with one attached hydrogen (secondary N) is 1. The van der Waals surface area contributed by atoms with E-state index in [1.54, 1.807) is 11.8 Å². The van der Waals surface area contributed by atoms with Gasteiger partial charge in [-0.05, 0) is 73.3 Å². The number of hydrogen-bond acceptors (Lipinski definition) is 4. The van der Waals surface area contributed by atoms with Crippen LogP contribution in [0.25, 0.3) is 0 Å². The number of hydrogen-bond donors (Lipinski definition) is 1. The van der Waals surface area contributed by atoms with Crippen molar-refractivity contribution in [2.24, 2.45) is 15.9 Å². The fraction of sp³-hybridized carbons (Fsp3) is 0.429. The molecule has 1 aromatic rings. The number of nitrogens with zero attached hydrogens (tertiary/aromatic N) is 2. The van der Waals surface area contributed by atoms with Crippen molar-refractivity contribution in [1.82, 2.24) is 0 Å². The number of amidine groups is 1. The Kier molecular flexibility index (Phi) is 5.00. The number of fused-ring (bicyclic) bond motifs is 2. The topological polar surface area (TPSA) is 70.9 Å². The van der Waals surface area contributed by atoms with Crippen molar-refractivity contribution < 1.29 is 9.59 Å². The van der Waals surface area contributed by atoms with E-state index in [2.05, 4.69) is 21.4 Å². The van der Waals surface area contributed by atoms with Gasteiger partial charge in [0.05, 0.1) is 5.04 Å². The van der Waals surface area contributed by atoms with Crippen molar-refractivity contribution in [2.45, 2.75) is 52.4 Å². The summed E-state index contributed by atoms with van der Waals surface area (Å²) in [6.45, 7) is 4.01. The zero-order valence-corrected chi connectivity index (χ0v) is 16.5. The van der Waals surface area contributed by atoms with Crippen molar-refractivity contribution in [2.75, 3.05) is 5.32 Å². The van der Waals surface area contributed by atoms with E-state index < -0.39 is 0 Å². The molecule has 6 heteroatoms. The van der Waals surface area contributed by atoms with Crippen LogP contribution in [0, 0.1) is 19.8 Å². The number of aliphatic imine (C=N–C) groups is 2. The molecule has 2 aliphatic heterocycles. The van der Waals surface area contributed by atoms with E-state index in [1.165, 1.54) is 16.9 Å². The molecule has 27 heavy (non-hydrogen) atoms. The predicted molar refractivity (Wildman–Crippen MR) is 110 cm³/mol. The molecule has 4 rings (SSSR count). The summed E-state index contributed by atoms with van der Waals surface area (Å²) >= 11 is 1.65. The maximum absolute atomic E-state index is 12.5. The summed E-state index contributed by atoms with van der Waals surface area (Å²) in [4.78, 5) is 34.9. The van der Waals surface area contributed by atoms with Crippen molar-refractivity contribution in [3.8, 4) is 0 Å². The van der Waals surface area contributed by atoms with Gasteiger partial charge in [0.15, 0.2) is 0 Å². The largest absolute Gasteiger partial charge is 0.326 e. The second-order valence-electron chi connectivity index (χ2n) is 7.43. The fourth-order valence-corrected chi connectivity index (χ4v) is 5.31. The Balaban J connectivity index is 1.38. The first-order valence-electron chi connectivity index (χ1n) is 9.47. The third-order valence-electron chi connectivity index (χ3n) is 5.09. The van der Waals surface area contributed by atoms with Crippen LogP contribution in [0.3, 0.4) is 0 Å². The summed E-state index contributed by atoms with van der Waals surface area (Å²) in [5.74, 6) is 0.0467. The molecule has 0 aromatic heterocycles. The summed E-state index contributed by atoms with van der Waals surface area (Å²) in [6.07, 6.45) is 5.01. The minimum absolute atomic E-state index is 0.0889. The number of benzene rings is 1. The first kappa shape index (κ1) is 18.2. The summed E-state index contributed by atoms with van der Waals surface area (Å²) in [5, 5.41) is 3.79. The van der Waals surface area contributed by atoms with E-state index in [4.69, 9.17) is 0 Å². The molecular weight excluding hydrogens is 358 g/mol. The number of aryl methyl sites for hydroxylation is 2. The van der Waals surface area contributed by atoms with Gasteiger partial charge >= 0.3 is 0 Å². The van der Waals surface area contributed by atoms with Gasteiger partial charge in [0, 0.05) is 18.5 Å². The number of carbonyl (C=O) groups excluding carboxylic acids is 2. The number of thioether (sulfide) groups is 1. The van der Waals surface area contributed by atoms with E-state index in [1.807, 2.05) is 26.0 Å². The maximum Gasteiger partial charge on any atom is 0.261 e. The Morgan fingerprint density at radius 1 is 1.15 bits per heavy atom. The minimum atomic E-state index is -0.238. The SMILES string of the molecule is Cc1cc(C)cc(NC(=O)CCC2=NC(=O)C3C(=N2)SC2=C3CCCC2)c1. The van der Waals surface area contributed by atoms with Gasteiger partial charge in [0.25, 0.3) is 5.91 Å². The Bertz CT molecular complexity index is 894. The summed E-state index contributed by atoms with van der Waals surface area (Å²) in [7, 11) is 0. The molecule has 1 atom stereocenters. The summed E-state index contributed by atoms with van der Waals surface area (Å²) in [6, 6.07) is 5.96. The Hall–Kier alpha value is -2.21. The van der Waals surface area contributed by atoms with Crippen LogP contribution in [-0.4, -0.2) is 22.7 Å². The Labute approximate surface area is 163 Å². The van der Waals surface area contributed by atoms with Gasteiger partial charge in [-0.25, -0.2) is 4.99 Å². The van der Waals surface area contributed by atoms with E-state index in [0.717, 1.165) is 41.1 Å². The van der Waals surface area contributed by atoms with Gasteiger partial charge in [-0.15, -0.1) is 0 Å². The molecule has 0 saturated carbocycles. The standard InChI is InChI=1S/C21H23N3O2S/c1-12-9-13(2)11-14(10-12)22-18(25)8-7-17-23-20(26)19-15-5-3-4-6-16(15)27-21(19)24-17/h9-11,19H,3-8H2,1-2H3,(H,22,25). The summed E-state index contributed by atoms with van der Waals surface area (Å²) in [5.41, 5.74) is 4.26. The highest BCUT2D eigenvalue weighted by Gasteiger charge is 2.40. The molecule has 0 fully saturated rings. The van der Waals surface area contributed by atoms with Gasteiger partial charge in [0.2, 0.25) is 5.91 Å². The van der Waals surface area contributed by atoms with Crippen LogP contribution in [0.15, 0.2) is 38.7 Å². The summed E-state index contributed by atoms with van der Waals surface area (Å²) < 4.78 is 0. The zero-order valence-electron chi connectivity index (χ0n) is 15.7. The molecule has 2 amide bonds. The average molecular weight is 382 g/mol. The van der Waals surface area contributed by atoms with Gasteiger partial charge in [-0.2, -0.15) is 4.99 Å². The maximum atomic E-state index is 12.5. The quantitative estimate of drug-likeness (QED) is 0.832. The van der Waals surface area contributed by atoms with Crippen molar-refractivity contribution in [3.63, 3.8) is 0 Å². The highest BCUT2D eigenvalue weighted by atomic mass is 32.2. The van der Waals surface area contributed by atoms with E-state index >= 15 is 0 Å². The normalized spacial score (nSPS) is 21.4. The van der Waals surface area contributed by atoms with Crippen molar-refractivity contribution >= 4 is 40.1 Å². The first-order valence-corrected chi connectivity index (χ1v) is 10.3. The molecular formula is C21H23N3O2S. The van der Waals surface area contributed by atoms with Gasteiger partial charge in [0.1, 0.15) is 11.8 Å². The van der Waals surface area contributed by atoms with E-state index in [9.17, 15) is 9.59 Å². The molecule has 0 radical (unpaired) electrons. The minimum Gasteiger partial charge on any atom is -0.326 e. The third kappa shape index (κ3) is 3.90. The molecule has 1 aliphatic carbocycles. The number of rotatable bonds is 4. The van der Waals surface area contributed by atoms with E-state index in [-0.39, 0.29) is 24.2 Å². The highest BCUT2D eigenvalue weighted by molar-refractivity contribution is 8.17. The molecule has 2 heterocycles. The highest BCUT2D eigenvalue weighted by Crippen LogP contribution is 2.47. The Morgan fingerprint density at radius 2 is 1.89 bits per heavy atom. The number of amides is 2. The van der Waals surface area contributed by atoms with Crippen LogP contribution in [0.4, 0.5) is 5.69 Å². The van der Waals surface area contributed by atoms with Crippen LogP contribution < -0.4 is 5.32 Å². The van der Waals surface area contributed by atoms with Gasteiger partial charge < -0.3 is 5.32 Å².